The predicted octanol–water partition coefficient (Wildman–Crippen LogP) is 4.09. The molecule has 0 unspecified atom stereocenters. The normalized spacial score (nSPS) is 11.1. The smallest absolute Gasteiger partial charge is 0.264 e. The summed E-state index contributed by atoms with van der Waals surface area (Å²) in [5, 5.41) is 2.78. The van der Waals surface area contributed by atoms with Gasteiger partial charge in [0.2, 0.25) is 5.91 Å². The first-order valence-corrected chi connectivity index (χ1v) is 12.0. The first kappa shape index (κ1) is 24.3. The minimum absolute atomic E-state index is 0.0776. The van der Waals surface area contributed by atoms with Crippen LogP contribution in [0.5, 0.6) is 5.75 Å². The number of nitrogens with zero attached hydrogens (tertiary/aromatic N) is 1. The maximum absolute atomic E-state index is 13.4. The third kappa shape index (κ3) is 6.32. The van der Waals surface area contributed by atoms with Gasteiger partial charge in [-0.05, 0) is 73.4 Å². The van der Waals surface area contributed by atoms with Crippen molar-refractivity contribution in [2.75, 3.05) is 24.5 Å². The fourth-order valence-electron chi connectivity index (χ4n) is 3.41. The molecule has 0 aromatic heterocycles. The monoisotopic (exact) mass is 470 g/mol. The van der Waals surface area contributed by atoms with Crippen LogP contribution in [0.2, 0.25) is 0 Å². The number of hydrogen-bond acceptors (Lipinski definition) is 4. The van der Waals surface area contributed by atoms with E-state index in [1.165, 1.54) is 31.4 Å². The molecule has 0 heterocycles. The number of nitrogens with one attached hydrogen (secondary N) is 1. The minimum Gasteiger partial charge on any atom is -0.496 e. The van der Waals surface area contributed by atoms with Crippen LogP contribution in [0.25, 0.3) is 0 Å². The van der Waals surface area contributed by atoms with Gasteiger partial charge in [0, 0.05) is 6.54 Å². The first-order valence-electron chi connectivity index (χ1n) is 10.5. The predicted molar refractivity (Wildman–Crippen MR) is 126 cm³/mol. The van der Waals surface area contributed by atoms with Gasteiger partial charge in [0.1, 0.15) is 18.1 Å². The number of ether oxygens (including phenoxy) is 1. The van der Waals surface area contributed by atoms with E-state index in [0.29, 0.717) is 36.4 Å². The lowest BCUT2D eigenvalue weighted by Gasteiger charge is -2.24. The number of aryl methyl sites for hydroxylation is 2. The van der Waals surface area contributed by atoms with Crippen molar-refractivity contribution in [3.8, 4) is 5.75 Å². The summed E-state index contributed by atoms with van der Waals surface area (Å²) >= 11 is 0. The number of rotatable bonds is 10. The number of halogens is 1. The highest BCUT2D eigenvalue weighted by Gasteiger charge is 2.27. The van der Waals surface area contributed by atoms with Crippen LogP contribution < -0.4 is 14.4 Å². The van der Waals surface area contributed by atoms with Crippen molar-refractivity contribution in [2.24, 2.45) is 0 Å². The topological polar surface area (TPSA) is 75.7 Å². The van der Waals surface area contributed by atoms with E-state index < -0.39 is 15.9 Å². The second-order valence-electron chi connectivity index (χ2n) is 7.56. The standard InChI is InChI=1S/C25H27FN2O4S/c1-19-17-23(14-15-24(19)32-2)33(30,31)28(22-8-4-3-5-9-22)18-25(29)27-16-6-7-20-10-12-21(26)13-11-20/h3-5,8-15,17H,6-7,16,18H2,1-2H3,(H,27,29). The average molecular weight is 471 g/mol. The molecule has 3 rings (SSSR count). The van der Waals surface area contributed by atoms with Gasteiger partial charge in [-0.3, -0.25) is 9.10 Å². The van der Waals surface area contributed by atoms with Crippen LogP contribution in [-0.4, -0.2) is 34.5 Å². The third-order valence-electron chi connectivity index (χ3n) is 5.16. The molecule has 0 aliphatic rings. The molecule has 6 nitrogen and oxygen atoms in total. The van der Waals surface area contributed by atoms with Crippen LogP contribution >= 0.6 is 0 Å². The van der Waals surface area contributed by atoms with Gasteiger partial charge in [0.15, 0.2) is 0 Å². The molecule has 0 saturated carbocycles. The Bertz CT molecular complexity index is 1180. The molecule has 0 radical (unpaired) electrons. The lowest BCUT2D eigenvalue weighted by molar-refractivity contribution is -0.119. The molecule has 33 heavy (non-hydrogen) atoms. The highest BCUT2D eigenvalue weighted by molar-refractivity contribution is 7.92. The van der Waals surface area contributed by atoms with Crippen molar-refractivity contribution in [3.05, 3.63) is 89.7 Å². The first-order chi connectivity index (χ1) is 15.8. The van der Waals surface area contributed by atoms with E-state index in [0.717, 1.165) is 9.87 Å². The Balaban J connectivity index is 1.71. The van der Waals surface area contributed by atoms with Gasteiger partial charge in [-0.15, -0.1) is 0 Å². The zero-order chi connectivity index (χ0) is 23.8. The summed E-state index contributed by atoms with van der Waals surface area (Å²) in [6.45, 7) is 1.78. The Kier molecular flexibility index (Phi) is 8.06. The van der Waals surface area contributed by atoms with Crippen LogP contribution in [0.4, 0.5) is 10.1 Å². The van der Waals surface area contributed by atoms with Gasteiger partial charge in [0.05, 0.1) is 17.7 Å². The largest absolute Gasteiger partial charge is 0.496 e. The number of carbonyl (C=O) groups is 1. The summed E-state index contributed by atoms with van der Waals surface area (Å²) in [7, 11) is -2.47. The Hall–Kier alpha value is -3.39. The molecule has 1 amide bonds. The number of amides is 1. The van der Waals surface area contributed by atoms with Crippen molar-refractivity contribution < 1.29 is 22.3 Å². The van der Waals surface area contributed by atoms with Gasteiger partial charge < -0.3 is 10.1 Å². The lowest BCUT2D eigenvalue weighted by atomic mass is 10.1. The van der Waals surface area contributed by atoms with Gasteiger partial charge >= 0.3 is 0 Å². The van der Waals surface area contributed by atoms with Crippen LogP contribution in [0.15, 0.2) is 77.7 Å². The summed E-state index contributed by atoms with van der Waals surface area (Å²) in [4.78, 5) is 12.7. The number of para-hydroxylation sites is 1. The Labute approximate surface area is 194 Å². The molecule has 0 bridgehead atoms. The SMILES string of the molecule is COc1ccc(S(=O)(=O)N(CC(=O)NCCCc2ccc(F)cc2)c2ccccc2)cc1C. The second-order valence-corrected chi connectivity index (χ2v) is 9.42. The van der Waals surface area contributed by atoms with E-state index in [1.54, 1.807) is 55.5 Å². The van der Waals surface area contributed by atoms with Crippen molar-refractivity contribution >= 4 is 21.6 Å². The Morgan fingerprint density at radius 1 is 1.03 bits per heavy atom. The average Bonchev–Trinajstić information content (AvgIpc) is 2.82. The van der Waals surface area contributed by atoms with Crippen molar-refractivity contribution in [3.63, 3.8) is 0 Å². The number of hydrogen-bond donors (Lipinski definition) is 1. The van der Waals surface area contributed by atoms with Gasteiger partial charge in [-0.2, -0.15) is 0 Å². The van der Waals surface area contributed by atoms with Crippen molar-refractivity contribution in [1.29, 1.82) is 0 Å². The van der Waals surface area contributed by atoms with Crippen LogP contribution in [0.1, 0.15) is 17.5 Å². The van der Waals surface area contributed by atoms with Crippen LogP contribution in [0, 0.1) is 12.7 Å². The number of methoxy groups -OCH3 is 1. The molecule has 174 valence electrons. The van der Waals surface area contributed by atoms with E-state index >= 15 is 0 Å². The molecule has 0 aliphatic carbocycles. The van der Waals surface area contributed by atoms with Crippen LogP contribution in [0.3, 0.4) is 0 Å². The minimum atomic E-state index is -3.99. The van der Waals surface area contributed by atoms with Gasteiger partial charge in [0.25, 0.3) is 10.0 Å². The molecule has 8 heteroatoms. The molecule has 3 aromatic rings. The number of benzene rings is 3. The zero-order valence-electron chi connectivity index (χ0n) is 18.6. The highest BCUT2D eigenvalue weighted by Crippen LogP contribution is 2.27. The summed E-state index contributed by atoms with van der Waals surface area (Å²) < 4.78 is 46.2. The Morgan fingerprint density at radius 2 is 1.73 bits per heavy atom. The lowest BCUT2D eigenvalue weighted by Crippen LogP contribution is -2.41. The molecular weight excluding hydrogens is 443 g/mol. The molecule has 0 saturated heterocycles. The quantitative estimate of drug-likeness (QED) is 0.453. The number of sulfonamides is 1. The summed E-state index contributed by atoms with van der Waals surface area (Å²) in [6, 6.07) is 19.3. The zero-order valence-corrected chi connectivity index (χ0v) is 19.4. The van der Waals surface area contributed by atoms with E-state index in [2.05, 4.69) is 5.32 Å². The fourth-order valence-corrected chi connectivity index (χ4v) is 4.91. The van der Waals surface area contributed by atoms with Gasteiger partial charge in [-0.25, -0.2) is 12.8 Å². The molecule has 0 fully saturated rings. The van der Waals surface area contributed by atoms with E-state index in [4.69, 9.17) is 4.74 Å². The fraction of sp³-hybridized carbons (Fsp3) is 0.240. The molecule has 3 aromatic carbocycles. The maximum Gasteiger partial charge on any atom is 0.264 e. The molecule has 0 atom stereocenters. The summed E-state index contributed by atoms with van der Waals surface area (Å²) in [5.74, 6) is -0.118. The number of anilines is 1. The Morgan fingerprint density at radius 3 is 2.36 bits per heavy atom. The molecule has 1 N–H and O–H groups in total. The second kappa shape index (κ2) is 11.0. The third-order valence-corrected chi connectivity index (χ3v) is 6.93. The van der Waals surface area contributed by atoms with E-state index in [-0.39, 0.29) is 17.3 Å². The summed E-state index contributed by atoms with van der Waals surface area (Å²) in [5.41, 5.74) is 2.04. The van der Waals surface area contributed by atoms with E-state index in [1.807, 2.05) is 0 Å². The molecule has 0 aliphatic heterocycles. The van der Waals surface area contributed by atoms with E-state index in [9.17, 15) is 17.6 Å². The molecule has 0 spiro atoms. The summed E-state index contributed by atoms with van der Waals surface area (Å²) in [6.07, 6.45) is 1.32. The highest BCUT2D eigenvalue weighted by atomic mass is 32.2. The molecular formula is C25H27FN2O4S. The van der Waals surface area contributed by atoms with Crippen molar-refractivity contribution in [1.82, 2.24) is 5.32 Å². The van der Waals surface area contributed by atoms with Crippen molar-refractivity contribution in [2.45, 2.75) is 24.7 Å². The van der Waals surface area contributed by atoms with Crippen LogP contribution in [-0.2, 0) is 21.2 Å². The maximum atomic E-state index is 13.4. The van der Waals surface area contributed by atoms with Gasteiger partial charge in [-0.1, -0.05) is 30.3 Å². The number of carbonyl (C=O) groups excluding carboxylic acids is 1.